The van der Waals surface area contributed by atoms with Gasteiger partial charge < -0.3 is 15.1 Å². The molecule has 0 radical (unpaired) electrons. The number of likely N-dealkylation sites (tertiary alicyclic amines) is 2. The molecule has 0 aliphatic carbocycles. The number of aromatic nitrogens is 2. The average Bonchev–Trinajstić information content (AvgIpc) is 3.54. The van der Waals surface area contributed by atoms with Gasteiger partial charge in [0.1, 0.15) is 0 Å². The minimum Gasteiger partial charge on any atom is -0.339 e. The summed E-state index contributed by atoms with van der Waals surface area (Å²) in [5.41, 5.74) is 4.87. The number of nitrogens with zero attached hydrogens (tertiary/aromatic N) is 4. The van der Waals surface area contributed by atoms with E-state index in [0.717, 1.165) is 56.4 Å². The van der Waals surface area contributed by atoms with Gasteiger partial charge in [0, 0.05) is 38.1 Å². The fraction of sp³-hybridized carbons (Fsp3) is 0.423. The maximum Gasteiger partial charge on any atom is 0.321 e. The number of fused-ring (bicyclic) bond motifs is 1. The van der Waals surface area contributed by atoms with Crippen LogP contribution >= 0.6 is 0 Å². The van der Waals surface area contributed by atoms with E-state index in [0.29, 0.717) is 24.6 Å². The number of hydrogen-bond acceptors (Lipinski definition) is 3. The minimum atomic E-state index is -0.0394. The summed E-state index contributed by atoms with van der Waals surface area (Å²) in [6.07, 6.45) is 8.59. The number of nitrogens with one attached hydrogen (secondary N) is 1. The van der Waals surface area contributed by atoms with Gasteiger partial charge in [-0.2, -0.15) is 5.10 Å². The molecule has 2 aliphatic rings. The highest BCUT2D eigenvalue weighted by Crippen LogP contribution is 2.30. The Kier molecular flexibility index (Phi) is 6.03. The molecule has 0 unspecified atom stereocenters. The van der Waals surface area contributed by atoms with Gasteiger partial charge in [-0.25, -0.2) is 9.31 Å². The zero-order chi connectivity index (χ0) is 22.8. The van der Waals surface area contributed by atoms with Crippen LogP contribution in [0.4, 0.5) is 10.5 Å². The third-order valence-electron chi connectivity index (χ3n) is 7.04. The number of amides is 3. The van der Waals surface area contributed by atoms with E-state index < -0.39 is 0 Å². The molecule has 0 saturated carbocycles. The number of benzene rings is 1. The van der Waals surface area contributed by atoms with Crippen LogP contribution in [0.2, 0.25) is 0 Å². The smallest absolute Gasteiger partial charge is 0.321 e. The van der Waals surface area contributed by atoms with Crippen molar-refractivity contribution in [1.82, 2.24) is 19.4 Å². The summed E-state index contributed by atoms with van der Waals surface area (Å²) in [4.78, 5) is 29.5. The Bertz CT molecular complexity index is 1140. The lowest BCUT2D eigenvalue weighted by Gasteiger charge is -2.32. The summed E-state index contributed by atoms with van der Waals surface area (Å²) in [5, 5.41) is 7.41. The number of carbonyl (C=O) groups is 2. The van der Waals surface area contributed by atoms with Crippen molar-refractivity contribution in [2.24, 2.45) is 0 Å². The van der Waals surface area contributed by atoms with Crippen molar-refractivity contribution < 1.29 is 9.59 Å². The van der Waals surface area contributed by atoms with Gasteiger partial charge in [0.15, 0.2) is 0 Å². The molecule has 172 valence electrons. The number of pyridine rings is 1. The zero-order valence-corrected chi connectivity index (χ0v) is 19.2. The largest absolute Gasteiger partial charge is 0.339 e. The van der Waals surface area contributed by atoms with Crippen molar-refractivity contribution in [2.75, 3.05) is 31.5 Å². The average molecular weight is 446 g/mol. The van der Waals surface area contributed by atoms with Crippen molar-refractivity contribution in [3.05, 3.63) is 65.5 Å². The molecule has 1 aromatic carbocycles. The highest BCUT2D eigenvalue weighted by molar-refractivity contribution is 6.00. The molecule has 1 N–H and O–H groups in total. The molecule has 3 aromatic rings. The number of carbonyl (C=O) groups excluding carboxylic acids is 2. The van der Waals surface area contributed by atoms with Crippen LogP contribution in [0.25, 0.3) is 5.52 Å². The molecule has 2 fully saturated rings. The molecule has 0 bridgehead atoms. The van der Waals surface area contributed by atoms with Crippen molar-refractivity contribution in [3.8, 4) is 0 Å². The van der Waals surface area contributed by atoms with Crippen LogP contribution in [0.15, 0.2) is 48.8 Å². The summed E-state index contributed by atoms with van der Waals surface area (Å²) in [6.45, 7) is 5.22. The first-order valence-corrected chi connectivity index (χ1v) is 12.0. The van der Waals surface area contributed by atoms with Crippen LogP contribution in [0.3, 0.4) is 0 Å². The van der Waals surface area contributed by atoms with Gasteiger partial charge in [0.25, 0.3) is 5.91 Å². The molecule has 7 nitrogen and oxygen atoms in total. The normalized spacial score (nSPS) is 17.0. The third kappa shape index (κ3) is 4.45. The zero-order valence-electron chi connectivity index (χ0n) is 19.2. The van der Waals surface area contributed by atoms with Gasteiger partial charge in [-0.3, -0.25) is 4.79 Å². The van der Waals surface area contributed by atoms with Crippen LogP contribution in [0.1, 0.15) is 60.0 Å². The third-order valence-corrected chi connectivity index (χ3v) is 7.04. The quantitative estimate of drug-likeness (QED) is 0.641. The fourth-order valence-electron chi connectivity index (χ4n) is 4.95. The first-order chi connectivity index (χ1) is 16.1. The van der Waals surface area contributed by atoms with Crippen LogP contribution < -0.4 is 5.32 Å². The Hall–Kier alpha value is -3.35. The maximum absolute atomic E-state index is 12.9. The van der Waals surface area contributed by atoms with Gasteiger partial charge in [-0.05, 0) is 73.4 Å². The minimum absolute atomic E-state index is 0.0394. The van der Waals surface area contributed by atoms with E-state index in [1.807, 2.05) is 28.1 Å². The molecule has 0 spiro atoms. The lowest BCUT2D eigenvalue weighted by molar-refractivity contribution is 0.0794. The fourth-order valence-corrected chi connectivity index (χ4v) is 4.95. The molecular formula is C26H31N5O2. The van der Waals surface area contributed by atoms with Crippen molar-refractivity contribution >= 4 is 23.1 Å². The first kappa shape index (κ1) is 21.5. The van der Waals surface area contributed by atoms with E-state index in [1.165, 1.54) is 11.1 Å². The predicted octanol–water partition coefficient (Wildman–Crippen LogP) is 4.54. The number of urea groups is 1. The highest BCUT2D eigenvalue weighted by atomic mass is 16.2. The van der Waals surface area contributed by atoms with Gasteiger partial charge in [-0.15, -0.1) is 0 Å². The van der Waals surface area contributed by atoms with Gasteiger partial charge in [-0.1, -0.05) is 19.1 Å². The molecule has 2 aliphatic heterocycles. The summed E-state index contributed by atoms with van der Waals surface area (Å²) >= 11 is 0. The number of rotatable bonds is 4. The van der Waals surface area contributed by atoms with E-state index >= 15 is 0 Å². The van der Waals surface area contributed by atoms with E-state index in [9.17, 15) is 9.59 Å². The SMILES string of the molecule is CCc1ccc(NC(=O)N2CCC(c3ccn4ncc(C(=O)N5CCCC5)c4c3)CC2)cc1. The van der Waals surface area contributed by atoms with Gasteiger partial charge >= 0.3 is 6.03 Å². The molecule has 2 saturated heterocycles. The molecule has 3 amide bonds. The monoisotopic (exact) mass is 445 g/mol. The van der Waals surface area contributed by atoms with Crippen molar-refractivity contribution in [3.63, 3.8) is 0 Å². The summed E-state index contributed by atoms with van der Waals surface area (Å²) in [7, 11) is 0. The Morgan fingerprint density at radius 3 is 2.42 bits per heavy atom. The molecule has 0 atom stereocenters. The topological polar surface area (TPSA) is 70.0 Å². The van der Waals surface area contributed by atoms with E-state index in [2.05, 4.69) is 41.6 Å². The molecule has 33 heavy (non-hydrogen) atoms. The number of anilines is 1. The molecular weight excluding hydrogens is 414 g/mol. The standard InChI is InChI=1S/C26H31N5O2/c1-2-19-5-7-22(8-6-19)28-26(33)30-14-9-20(10-15-30)21-11-16-31-24(17-21)23(18-27-31)25(32)29-12-3-4-13-29/h5-8,11,16-18,20H,2-4,9-10,12-15H2,1H3,(H,28,33). The summed E-state index contributed by atoms with van der Waals surface area (Å²) in [5.74, 6) is 0.450. The Morgan fingerprint density at radius 2 is 1.73 bits per heavy atom. The van der Waals surface area contributed by atoms with Gasteiger partial charge in [0.2, 0.25) is 0 Å². The second kappa shape index (κ2) is 9.25. The highest BCUT2D eigenvalue weighted by Gasteiger charge is 2.26. The Morgan fingerprint density at radius 1 is 1.00 bits per heavy atom. The lowest BCUT2D eigenvalue weighted by Crippen LogP contribution is -2.40. The van der Waals surface area contributed by atoms with Crippen LogP contribution in [-0.4, -0.2) is 57.5 Å². The molecule has 7 heteroatoms. The van der Waals surface area contributed by atoms with Crippen LogP contribution in [-0.2, 0) is 6.42 Å². The number of hydrogen-bond donors (Lipinski definition) is 1. The molecule has 5 rings (SSSR count). The van der Waals surface area contributed by atoms with Crippen molar-refractivity contribution in [2.45, 2.75) is 44.9 Å². The van der Waals surface area contributed by atoms with Crippen molar-refractivity contribution in [1.29, 1.82) is 0 Å². The second-order valence-corrected chi connectivity index (χ2v) is 9.09. The first-order valence-electron chi connectivity index (χ1n) is 12.0. The Balaban J connectivity index is 1.23. The van der Waals surface area contributed by atoms with E-state index in [1.54, 1.807) is 10.7 Å². The van der Waals surface area contributed by atoms with E-state index in [-0.39, 0.29) is 11.9 Å². The van der Waals surface area contributed by atoms with Gasteiger partial charge in [0.05, 0.1) is 17.3 Å². The predicted molar refractivity (Wildman–Crippen MR) is 129 cm³/mol. The lowest BCUT2D eigenvalue weighted by atomic mass is 9.89. The van der Waals surface area contributed by atoms with E-state index in [4.69, 9.17) is 0 Å². The van der Waals surface area contributed by atoms with Crippen LogP contribution in [0, 0.1) is 0 Å². The Labute approximate surface area is 194 Å². The maximum atomic E-state index is 12.9. The molecule has 4 heterocycles. The molecule has 2 aromatic heterocycles. The second-order valence-electron chi connectivity index (χ2n) is 9.09. The van der Waals surface area contributed by atoms with Crippen LogP contribution in [0.5, 0.6) is 0 Å². The number of piperidine rings is 1. The summed E-state index contributed by atoms with van der Waals surface area (Å²) in [6, 6.07) is 12.2. The summed E-state index contributed by atoms with van der Waals surface area (Å²) < 4.78 is 1.79. The number of aryl methyl sites for hydroxylation is 1.